The number of nitrogens with zero attached hydrogens (tertiary/aromatic N) is 3. The third kappa shape index (κ3) is 11.8. The van der Waals surface area contributed by atoms with Crippen LogP contribution < -0.4 is 16.0 Å². The van der Waals surface area contributed by atoms with Crippen molar-refractivity contribution in [3.63, 3.8) is 0 Å². The lowest BCUT2D eigenvalue weighted by molar-refractivity contribution is -0.140. The van der Waals surface area contributed by atoms with E-state index in [4.69, 9.17) is 9.47 Å². The first-order valence-corrected chi connectivity index (χ1v) is 21.1. The summed E-state index contributed by atoms with van der Waals surface area (Å²) in [5.74, 6) is 6.01. The molecule has 14 heteroatoms. The van der Waals surface area contributed by atoms with Crippen LogP contribution in [0.5, 0.6) is 0 Å². The fourth-order valence-corrected chi connectivity index (χ4v) is 7.62. The second-order valence-corrected chi connectivity index (χ2v) is 17.6. The Morgan fingerprint density at radius 2 is 1.19 bits per heavy atom. The summed E-state index contributed by atoms with van der Waals surface area (Å²) < 4.78 is 10.9. The van der Waals surface area contributed by atoms with Crippen LogP contribution in [0.4, 0.5) is 9.59 Å². The van der Waals surface area contributed by atoms with E-state index in [-0.39, 0.29) is 29.8 Å². The van der Waals surface area contributed by atoms with Gasteiger partial charge in [0.1, 0.15) is 40.8 Å². The summed E-state index contributed by atoms with van der Waals surface area (Å²) in [6.07, 6.45) is 2.88. The van der Waals surface area contributed by atoms with Crippen molar-refractivity contribution in [2.45, 2.75) is 116 Å². The number of ether oxygens (including phenoxy) is 2. The molecule has 6 rings (SSSR count). The van der Waals surface area contributed by atoms with Gasteiger partial charge in [0, 0.05) is 18.7 Å². The Labute approximate surface area is 363 Å². The standard InChI is InChI=1S/C48H57N7O7/c1-31(50-42(56)38-21-15-29-55(38)44(58)40(35-18-12-9-13-19-35)53-46(60)62-48(5,6)7)33-25-22-32(23-26-33)24-27-36-30-49-41(51-36)37-20-14-28-54(37)43(57)39(34-16-10-8-11-17-34)52-45(59)61-47(2,3)4/h8-13,16-19,22-23,25-26,30-31,37-40H,14-15,20-21,28-29H2,1-7H3,(H,49,51)(H,50,56)(H,52,59)(H,53,60). The molecular weight excluding hydrogens is 787 g/mol. The predicted molar refractivity (Wildman–Crippen MR) is 233 cm³/mol. The Morgan fingerprint density at radius 1 is 0.677 bits per heavy atom. The molecule has 3 aromatic carbocycles. The number of rotatable bonds is 10. The Morgan fingerprint density at radius 3 is 1.74 bits per heavy atom. The normalized spacial score (nSPS) is 17.8. The largest absolute Gasteiger partial charge is 0.444 e. The molecule has 14 nitrogen and oxygen atoms in total. The molecule has 2 aliphatic heterocycles. The van der Waals surface area contributed by atoms with Gasteiger partial charge >= 0.3 is 12.2 Å². The van der Waals surface area contributed by atoms with Gasteiger partial charge in [0.2, 0.25) is 5.91 Å². The molecule has 5 amide bonds. The maximum absolute atomic E-state index is 14.1. The summed E-state index contributed by atoms with van der Waals surface area (Å²) in [7, 11) is 0. The van der Waals surface area contributed by atoms with Gasteiger partial charge in [-0.1, -0.05) is 78.7 Å². The minimum absolute atomic E-state index is 0.252. The number of imidazole rings is 1. The molecule has 1 aromatic heterocycles. The van der Waals surface area contributed by atoms with Gasteiger partial charge in [-0.15, -0.1) is 0 Å². The number of H-pyrrole nitrogens is 1. The number of benzene rings is 3. The van der Waals surface area contributed by atoms with Crippen molar-refractivity contribution in [3.05, 3.63) is 125 Å². The van der Waals surface area contributed by atoms with E-state index in [1.807, 2.05) is 55.5 Å². The lowest BCUT2D eigenvalue weighted by Gasteiger charge is -2.30. The number of likely N-dealkylation sites (tertiary alicyclic amines) is 2. The number of aromatic nitrogens is 2. The molecule has 4 N–H and O–H groups in total. The number of alkyl carbamates (subject to hydrolysis) is 2. The molecule has 5 unspecified atom stereocenters. The number of aromatic amines is 1. The van der Waals surface area contributed by atoms with Crippen LogP contribution in [-0.4, -0.2) is 80.0 Å². The molecular formula is C48H57N7O7. The Hall–Kier alpha value is -6.62. The van der Waals surface area contributed by atoms with Crippen LogP contribution in [0, 0.1) is 11.8 Å². The zero-order chi connectivity index (χ0) is 44.6. The molecule has 0 radical (unpaired) electrons. The van der Waals surface area contributed by atoms with Crippen molar-refractivity contribution in [1.29, 1.82) is 0 Å². The molecule has 0 spiro atoms. The van der Waals surface area contributed by atoms with E-state index in [1.165, 1.54) is 0 Å². The Balaban J connectivity index is 1.07. The highest BCUT2D eigenvalue weighted by Gasteiger charge is 2.40. The number of hydrogen-bond donors (Lipinski definition) is 4. The van der Waals surface area contributed by atoms with Crippen LogP contribution in [0.25, 0.3) is 0 Å². The molecule has 4 aromatic rings. The van der Waals surface area contributed by atoms with Crippen molar-refractivity contribution in [3.8, 4) is 11.8 Å². The lowest BCUT2D eigenvalue weighted by Crippen LogP contribution is -2.50. The Bertz CT molecular complexity index is 2270. The van der Waals surface area contributed by atoms with Crippen molar-refractivity contribution >= 4 is 29.9 Å². The molecule has 62 heavy (non-hydrogen) atoms. The maximum atomic E-state index is 14.1. The van der Waals surface area contributed by atoms with Crippen molar-refractivity contribution in [2.24, 2.45) is 0 Å². The number of hydrogen-bond acceptors (Lipinski definition) is 8. The third-order valence-corrected chi connectivity index (χ3v) is 10.5. The highest BCUT2D eigenvalue weighted by Crippen LogP contribution is 2.33. The molecule has 3 heterocycles. The molecule has 2 aliphatic rings. The van der Waals surface area contributed by atoms with Crippen LogP contribution in [0.1, 0.15) is 132 Å². The molecule has 0 aliphatic carbocycles. The number of nitrogens with one attached hydrogen (secondary N) is 4. The monoisotopic (exact) mass is 843 g/mol. The van der Waals surface area contributed by atoms with E-state index < -0.39 is 41.5 Å². The maximum Gasteiger partial charge on any atom is 0.408 e. The van der Waals surface area contributed by atoms with Gasteiger partial charge < -0.3 is 40.2 Å². The fourth-order valence-electron chi connectivity index (χ4n) is 7.62. The minimum Gasteiger partial charge on any atom is -0.444 e. The zero-order valence-electron chi connectivity index (χ0n) is 36.5. The summed E-state index contributed by atoms with van der Waals surface area (Å²) in [5, 5.41) is 8.59. The lowest BCUT2D eigenvalue weighted by atomic mass is 10.0. The SMILES string of the molecule is CC(NC(=O)C1CCCN1C(=O)C(NC(=O)OC(C)(C)C)c1ccccc1)c1ccc(C#Cc2cnc(C3CCCN3C(=O)C(NC(=O)OC(C)(C)C)c3ccccc3)[nH]2)cc1. The quantitative estimate of drug-likeness (QED) is 0.122. The van der Waals surface area contributed by atoms with E-state index in [0.717, 1.165) is 17.5 Å². The van der Waals surface area contributed by atoms with Gasteiger partial charge in [0.05, 0.1) is 18.3 Å². The van der Waals surface area contributed by atoms with Crippen molar-refractivity contribution in [2.75, 3.05) is 13.1 Å². The second-order valence-electron chi connectivity index (χ2n) is 17.6. The summed E-state index contributed by atoms with van der Waals surface area (Å²) in [4.78, 5) is 78.5. The molecule has 5 atom stereocenters. The van der Waals surface area contributed by atoms with Gasteiger partial charge in [-0.2, -0.15) is 0 Å². The zero-order valence-corrected chi connectivity index (χ0v) is 36.5. The van der Waals surface area contributed by atoms with Gasteiger partial charge in [0.25, 0.3) is 11.8 Å². The van der Waals surface area contributed by atoms with Crippen molar-refractivity contribution < 1.29 is 33.4 Å². The number of amides is 5. The highest BCUT2D eigenvalue weighted by atomic mass is 16.6. The summed E-state index contributed by atoms with van der Waals surface area (Å²) >= 11 is 0. The minimum atomic E-state index is -1.02. The van der Waals surface area contributed by atoms with Crippen LogP contribution in [0.15, 0.2) is 91.1 Å². The van der Waals surface area contributed by atoms with E-state index in [1.54, 1.807) is 93.9 Å². The average molecular weight is 844 g/mol. The smallest absolute Gasteiger partial charge is 0.408 e. The highest BCUT2D eigenvalue weighted by molar-refractivity contribution is 5.93. The van der Waals surface area contributed by atoms with Crippen LogP contribution in [0.3, 0.4) is 0 Å². The van der Waals surface area contributed by atoms with Gasteiger partial charge in [-0.3, -0.25) is 14.4 Å². The van der Waals surface area contributed by atoms with Gasteiger partial charge in [-0.25, -0.2) is 14.6 Å². The van der Waals surface area contributed by atoms with E-state index in [2.05, 4.69) is 37.8 Å². The van der Waals surface area contributed by atoms with Crippen LogP contribution in [0.2, 0.25) is 0 Å². The molecule has 0 bridgehead atoms. The third-order valence-electron chi connectivity index (χ3n) is 10.5. The topological polar surface area (TPSA) is 175 Å². The number of carbonyl (C=O) groups is 5. The first-order valence-electron chi connectivity index (χ1n) is 21.1. The van der Waals surface area contributed by atoms with E-state index in [9.17, 15) is 24.0 Å². The fraction of sp³-hybridized carbons (Fsp3) is 0.417. The Kier molecular flexibility index (Phi) is 14.1. The van der Waals surface area contributed by atoms with Gasteiger partial charge in [-0.05, 0) is 109 Å². The second kappa shape index (κ2) is 19.4. The molecule has 2 fully saturated rings. The molecule has 0 saturated carbocycles. The van der Waals surface area contributed by atoms with Crippen molar-refractivity contribution in [1.82, 2.24) is 35.7 Å². The van der Waals surface area contributed by atoms with E-state index >= 15 is 0 Å². The summed E-state index contributed by atoms with van der Waals surface area (Å²) in [6, 6.07) is 22.3. The van der Waals surface area contributed by atoms with Crippen LogP contribution in [-0.2, 0) is 23.9 Å². The average Bonchev–Trinajstić information content (AvgIpc) is 4.02. The first kappa shape index (κ1) is 44.9. The van der Waals surface area contributed by atoms with Crippen LogP contribution >= 0.6 is 0 Å². The molecule has 326 valence electrons. The first-order chi connectivity index (χ1) is 29.5. The summed E-state index contributed by atoms with van der Waals surface area (Å²) in [5.41, 5.74) is 1.96. The molecule has 2 saturated heterocycles. The van der Waals surface area contributed by atoms with E-state index in [0.29, 0.717) is 55.0 Å². The van der Waals surface area contributed by atoms with Gasteiger partial charge in [0.15, 0.2) is 0 Å². The summed E-state index contributed by atoms with van der Waals surface area (Å²) in [6.45, 7) is 13.3. The predicted octanol–water partition coefficient (Wildman–Crippen LogP) is 7.17. The number of carbonyl (C=O) groups excluding carboxylic acids is 5.